The first kappa shape index (κ1) is 24.3. The molecule has 0 saturated heterocycles. The summed E-state index contributed by atoms with van der Waals surface area (Å²) in [6.07, 6.45) is 14.4. The lowest BCUT2D eigenvalue weighted by atomic mass is 10.1. The van der Waals surface area contributed by atoms with Crippen molar-refractivity contribution in [1.29, 1.82) is 0 Å². The first-order valence-corrected chi connectivity index (χ1v) is 10.1. The Morgan fingerprint density at radius 1 is 0.773 bits per heavy atom. The molecule has 0 rings (SSSR count). The van der Waals surface area contributed by atoms with E-state index in [2.05, 4.69) is 27.9 Å². The Hall–Kier alpha value is 0.0700. The summed E-state index contributed by atoms with van der Waals surface area (Å²) in [5.74, 6) is 0. The van der Waals surface area contributed by atoms with Crippen LogP contribution in [-0.4, -0.2) is 31.7 Å². The molecule has 0 aliphatic rings. The molecule has 0 radical (unpaired) electrons. The highest BCUT2D eigenvalue weighted by Crippen LogP contribution is 2.11. The minimum Gasteiger partial charge on any atom is -0.822 e. The van der Waals surface area contributed by atoms with Crippen LogP contribution in [0.3, 0.4) is 0 Å². The summed E-state index contributed by atoms with van der Waals surface area (Å²) in [6, 6.07) is 0. The van der Waals surface area contributed by atoms with Gasteiger partial charge in [0.15, 0.2) is 0 Å². The summed E-state index contributed by atoms with van der Waals surface area (Å²) < 4.78 is 9.74. The second-order valence-corrected chi connectivity index (χ2v) is 7.50. The molecule has 0 spiro atoms. The number of hydrogen-bond donors (Lipinski definition) is 0. The van der Waals surface area contributed by atoms with E-state index in [0.29, 0.717) is 0 Å². The number of nitrogens with zero attached hydrogens (tertiary/aromatic N) is 1. The van der Waals surface area contributed by atoms with Crippen LogP contribution in [0.15, 0.2) is 0 Å². The molecule has 0 aromatic rings. The van der Waals surface area contributed by atoms with Gasteiger partial charge in [-0.2, -0.15) is 7.82 Å². The van der Waals surface area contributed by atoms with E-state index in [-0.39, 0.29) is 2.85 Å². The largest absolute Gasteiger partial charge is 1.00 e. The molecule has 0 aliphatic heterocycles. The molecular weight excluding hydrogens is 301 g/mol. The zero-order valence-electron chi connectivity index (χ0n) is 17.0. The molecule has 5 nitrogen and oxygen atoms in total. The highest BCUT2D eigenvalue weighted by Gasteiger charge is 2.09. The number of quaternary nitrogens is 1. The van der Waals surface area contributed by atoms with Gasteiger partial charge in [0.25, 0.3) is 0 Å². The predicted octanol–water partition coefficient (Wildman–Crippen LogP) is 2.40. The maximum Gasteiger partial charge on any atom is 1.00 e. The topological polar surface area (TPSA) is 86.2 Å². The van der Waals surface area contributed by atoms with Crippen molar-refractivity contribution in [3.8, 4) is 0 Å². The molecule has 0 fully saturated rings. The molecule has 0 aromatic heterocycles. The van der Waals surface area contributed by atoms with E-state index in [1.165, 1.54) is 81.8 Å². The molecule has 0 bridgehead atoms. The Bertz CT molecular complexity index is 281. The summed E-state index contributed by atoms with van der Waals surface area (Å²) in [7, 11) is -0.707. The lowest BCUT2D eigenvalue weighted by Crippen LogP contribution is -2.39. The zero-order valence-corrected chi connectivity index (χ0v) is 15.9. The quantitative estimate of drug-likeness (QED) is 0.310. The average Bonchev–Trinajstić information content (AvgIpc) is 2.39. The van der Waals surface area contributed by atoms with Crippen molar-refractivity contribution >= 4 is 7.82 Å². The highest BCUT2D eigenvalue weighted by molar-refractivity contribution is 7.40. The van der Waals surface area contributed by atoms with Crippen molar-refractivity contribution in [1.82, 2.24) is 0 Å². The first-order chi connectivity index (χ1) is 10.1. The number of rotatable bonds is 12. The van der Waals surface area contributed by atoms with Gasteiger partial charge in [0, 0.05) is 0 Å². The van der Waals surface area contributed by atoms with Gasteiger partial charge >= 0.3 is 2.85 Å². The van der Waals surface area contributed by atoms with Crippen LogP contribution < -0.4 is 14.7 Å². The van der Waals surface area contributed by atoms with Gasteiger partial charge in [-0.05, 0) is 19.8 Å². The van der Waals surface area contributed by atoms with Crippen LogP contribution in [0.25, 0.3) is 0 Å². The SMILES string of the molecule is CCCCCCCCCCCC[N+](C)(C)CC.O=P([O-])([O-])[O-].[H+].[H+]. The van der Waals surface area contributed by atoms with Crippen molar-refractivity contribution in [2.45, 2.75) is 78.1 Å². The Morgan fingerprint density at radius 2 is 1.09 bits per heavy atom. The maximum absolute atomic E-state index is 8.55. The third kappa shape index (κ3) is 28.3. The Kier molecular flexibility index (Phi) is 16.2. The molecule has 0 saturated carbocycles. The summed E-state index contributed by atoms with van der Waals surface area (Å²) in [6.45, 7) is 7.19. The van der Waals surface area contributed by atoms with Gasteiger partial charge in [-0.25, -0.2) is 0 Å². The average molecular weight is 339 g/mol. The summed E-state index contributed by atoms with van der Waals surface area (Å²) in [5.41, 5.74) is 0. The zero-order chi connectivity index (χ0) is 17.5. The third-order valence-corrected chi connectivity index (χ3v) is 3.97. The smallest absolute Gasteiger partial charge is 0.822 e. The summed E-state index contributed by atoms with van der Waals surface area (Å²) in [5, 5.41) is 0. The monoisotopic (exact) mass is 339 g/mol. The molecule has 0 N–H and O–H groups in total. The van der Waals surface area contributed by atoms with Crippen LogP contribution in [0, 0.1) is 0 Å². The van der Waals surface area contributed by atoms with E-state index in [4.69, 9.17) is 19.2 Å². The van der Waals surface area contributed by atoms with E-state index in [1.54, 1.807) is 0 Å². The predicted molar refractivity (Wildman–Crippen MR) is 89.2 cm³/mol. The van der Waals surface area contributed by atoms with Crippen molar-refractivity contribution in [3.05, 3.63) is 0 Å². The summed E-state index contributed by atoms with van der Waals surface area (Å²) >= 11 is 0. The van der Waals surface area contributed by atoms with Gasteiger partial charge in [-0.15, -0.1) is 0 Å². The fourth-order valence-corrected chi connectivity index (χ4v) is 2.19. The molecule has 0 aromatic carbocycles. The van der Waals surface area contributed by atoms with Crippen LogP contribution in [0.2, 0.25) is 0 Å². The van der Waals surface area contributed by atoms with Gasteiger partial charge in [-0.3, -0.25) is 0 Å². The molecule has 136 valence electrons. The first-order valence-electron chi connectivity index (χ1n) is 8.67. The Morgan fingerprint density at radius 3 is 1.41 bits per heavy atom. The summed E-state index contributed by atoms with van der Waals surface area (Å²) in [4.78, 5) is 25.6. The standard InChI is InChI=1S/C16H36N.H3O4P/c1-5-7-8-9-10-11-12-13-14-15-16-17(3,4)6-2;1-5(2,3)4/h5-16H2,1-4H3;(H3,1,2,3,4)/q+1;/p-1. The molecule has 0 aliphatic carbocycles. The van der Waals surface area contributed by atoms with E-state index >= 15 is 0 Å². The third-order valence-electron chi connectivity index (χ3n) is 3.97. The lowest BCUT2D eigenvalue weighted by Gasteiger charge is -2.36. The van der Waals surface area contributed by atoms with Gasteiger partial charge < -0.3 is 23.7 Å². The second-order valence-electron chi connectivity index (χ2n) is 6.60. The van der Waals surface area contributed by atoms with Gasteiger partial charge in [0.2, 0.25) is 0 Å². The van der Waals surface area contributed by atoms with Crippen molar-refractivity contribution in [3.63, 3.8) is 0 Å². The molecular formula is C16H38NO4P. The fourth-order valence-electron chi connectivity index (χ4n) is 2.19. The van der Waals surface area contributed by atoms with Crippen LogP contribution >= 0.6 is 7.82 Å². The number of unbranched alkanes of at least 4 members (excludes halogenated alkanes) is 9. The number of phosphoric acid groups is 1. The molecule has 6 heteroatoms. The van der Waals surface area contributed by atoms with Crippen molar-refractivity contribution in [2.75, 3.05) is 27.2 Å². The fraction of sp³-hybridized carbons (Fsp3) is 1.00. The van der Waals surface area contributed by atoms with E-state index in [0.717, 1.165) is 0 Å². The molecule has 0 heterocycles. The van der Waals surface area contributed by atoms with Crippen LogP contribution in [-0.2, 0) is 4.57 Å². The normalized spacial score (nSPS) is 12.0. The Balaban J connectivity index is -0.000000250. The molecule has 0 unspecified atom stereocenters. The highest BCUT2D eigenvalue weighted by atomic mass is 31.2. The van der Waals surface area contributed by atoms with Crippen molar-refractivity contribution < 1.29 is 26.6 Å². The van der Waals surface area contributed by atoms with Crippen LogP contribution in [0.5, 0.6) is 0 Å². The minimum atomic E-state index is -5.39. The van der Waals surface area contributed by atoms with Gasteiger partial charge in [0.05, 0.1) is 27.2 Å². The van der Waals surface area contributed by atoms with Gasteiger partial charge in [-0.1, -0.05) is 58.3 Å². The van der Waals surface area contributed by atoms with Gasteiger partial charge in [0.1, 0.15) is 0 Å². The molecule has 22 heavy (non-hydrogen) atoms. The van der Waals surface area contributed by atoms with Crippen LogP contribution in [0.4, 0.5) is 0 Å². The van der Waals surface area contributed by atoms with Crippen LogP contribution in [0.1, 0.15) is 80.9 Å². The van der Waals surface area contributed by atoms with Crippen molar-refractivity contribution in [2.24, 2.45) is 0 Å². The minimum absolute atomic E-state index is 0. The molecule has 0 atom stereocenters. The van der Waals surface area contributed by atoms with E-state index in [9.17, 15) is 0 Å². The van der Waals surface area contributed by atoms with E-state index in [1.807, 2.05) is 0 Å². The maximum atomic E-state index is 8.55. The van der Waals surface area contributed by atoms with E-state index < -0.39 is 7.82 Å². The second kappa shape index (κ2) is 14.6. The molecule has 0 amide bonds. The number of hydrogen-bond acceptors (Lipinski definition) is 4. The lowest BCUT2D eigenvalue weighted by molar-refractivity contribution is -0.888. The Labute approximate surface area is 140 Å².